The number of amides is 3. The number of nitrogens with one attached hydrogen (secondary N) is 2. The molecule has 0 aromatic heterocycles. The molecule has 0 spiro atoms. The highest BCUT2D eigenvalue weighted by Crippen LogP contribution is 2.35. The van der Waals surface area contributed by atoms with E-state index in [2.05, 4.69) is 10.6 Å². The van der Waals surface area contributed by atoms with Crippen LogP contribution >= 0.6 is 0 Å². The van der Waals surface area contributed by atoms with Crippen molar-refractivity contribution in [1.29, 1.82) is 0 Å². The summed E-state index contributed by atoms with van der Waals surface area (Å²) in [5.41, 5.74) is 1.42. The van der Waals surface area contributed by atoms with Crippen LogP contribution in [0.15, 0.2) is 24.3 Å². The van der Waals surface area contributed by atoms with Gasteiger partial charge in [0.2, 0.25) is 5.91 Å². The summed E-state index contributed by atoms with van der Waals surface area (Å²) in [5, 5.41) is 15.4. The van der Waals surface area contributed by atoms with Crippen LogP contribution in [0.2, 0.25) is 0 Å². The molecule has 0 radical (unpaired) electrons. The third-order valence-electron chi connectivity index (χ3n) is 4.02. The fraction of sp³-hybridized carbons (Fsp3) is 0.429. The number of carbonyl (C=O) groups excluding carboxylic acids is 2. The lowest BCUT2D eigenvalue weighted by Crippen LogP contribution is -2.46. The normalized spacial score (nSPS) is 28.3. The van der Waals surface area contributed by atoms with Crippen molar-refractivity contribution in [3.8, 4) is 0 Å². The summed E-state index contributed by atoms with van der Waals surface area (Å²) in [6.07, 6.45) is 0.662. The molecule has 6 nitrogen and oxygen atoms in total. The minimum atomic E-state index is -0.586. The highest BCUT2D eigenvalue weighted by atomic mass is 16.3. The maximum Gasteiger partial charge on any atom is 0.319 e. The lowest BCUT2D eigenvalue weighted by molar-refractivity contribution is -0.120. The Morgan fingerprint density at radius 3 is 2.75 bits per heavy atom. The summed E-state index contributed by atoms with van der Waals surface area (Å²) >= 11 is 0. The summed E-state index contributed by atoms with van der Waals surface area (Å²) in [6, 6.07) is 5.64. The third-order valence-corrected chi connectivity index (χ3v) is 4.02. The largest absolute Gasteiger partial charge is 0.394 e. The van der Waals surface area contributed by atoms with Gasteiger partial charge in [-0.3, -0.25) is 4.79 Å². The smallest absolute Gasteiger partial charge is 0.319 e. The van der Waals surface area contributed by atoms with Crippen molar-refractivity contribution in [2.24, 2.45) is 0 Å². The molecule has 3 N–H and O–H groups in total. The van der Waals surface area contributed by atoms with E-state index in [0.717, 1.165) is 5.56 Å². The maximum absolute atomic E-state index is 12.4. The van der Waals surface area contributed by atoms with Gasteiger partial charge in [-0.2, -0.15) is 0 Å². The van der Waals surface area contributed by atoms with E-state index in [1.54, 1.807) is 6.07 Å². The Balaban J connectivity index is 2.11. The van der Waals surface area contributed by atoms with Crippen LogP contribution < -0.4 is 10.6 Å². The number of carbonyl (C=O) groups is 2. The SMILES string of the molecule is CC[C@@H]1NC(=O)N2C(CO)c3ccccc3NC(=O)[C@H]12. The monoisotopic (exact) mass is 275 g/mol. The molecule has 1 unspecified atom stereocenters. The number of benzene rings is 1. The van der Waals surface area contributed by atoms with Gasteiger partial charge >= 0.3 is 6.03 Å². The zero-order chi connectivity index (χ0) is 14.3. The molecule has 0 aliphatic carbocycles. The first-order chi connectivity index (χ1) is 9.67. The van der Waals surface area contributed by atoms with Gasteiger partial charge in [-0.05, 0) is 12.5 Å². The van der Waals surface area contributed by atoms with E-state index < -0.39 is 12.1 Å². The minimum absolute atomic E-state index is 0.210. The molecule has 3 rings (SSSR count). The van der Waals surface area contributed by atoms with E-state index in [4.69, 9.17) is 0 Å². The maximum atomic E-state index is 12.4. The Morgan fingerprint density at radius 2 is 2.05 bits per heavy atom. The second-order valence-corrected chi connectivity index (χ2v) is 5.09. The predicted octanol–water partition coefficient (Wildman–Crippen LogP) is 0.844. The first-order valence-corrected chi connectivity index (χ1v) is 6.76. The zero-order valence-electron chi connectivity index (χ0n) is 11.2. The summed E-state index contributed by atoms with van der Waals surface area (Å²) in [4.78, 5) is 26.1. The van der Waals surface area contributed by atoms with Gasteiger partial charge in [0.05, 0.1) is 18.7 Å². The number of rotatable bonds is 2. The van der Waals surface area contributed by atoms with Crippen LogP contribution in [0.1, 0.15) is 24.9 Å². The predicted molar refractivity (Wildman–Crippen MR) is 73.1 cm³/mol. The molecule has 2 aliphatic rings. The summed E-state index contributed by atoms with van der Waals surface area (Å²) in [5.74, 6) is -0.210. The van der Waals surface area contributed by atoms with E-state index in [1.165, 1.54) is 4.90 Å². The number of aliphatic hydroxyl groups excluding tert-OH is 1. The summed E-state index contributed by atoms with van der Waals surface area (Å²) < 4.78 is 0. The van der Waals surface area contributed by atoms with Crippen molar-refractivity contribution in [2.45, 2.75) is 31.5 Å². The molecule has 1 aromatic rings. The number of nitrogens with zero attached hydrogens (tertiary/aromatic N) is 1. The van der Waals surface area contributed by atoms with Gasteiger partial charge in [-0.1, -0.05) is 25.1 Å². The highest BCUT2D eigenvalue weighted by molar-refractivity contribution is 6.01. The molecule has 20 heavy (non-hydrogen) atoms. The van der Waals surface area contributed by atoms with Gasteiger partial charge in [0.15, 0.2) is 0 Å². The van der Waals surface area contributed by atoms with Crippen molar-refractivity contribution in [1.82, 2.24) is 10.2 Å². The van der Waals surface area contributed by atoms with Crippen LogP contribution in [0.3, 0.4) is 0 Å². The quantitative estimate of drug-likeness (QED) is 0.748. The first-order valence-electron chi connectivity index (χ1n) is 6.76. The van der Waals surface area contributed by atoms with Crippen LogP contribution in [0.25, 0.3) is 0 Å². The number of hydrogen-bond acceptors (Lipinski definition) is 3. The van der Waals surface area contributed by atoms with Gasteiger partial charge < -0.3 is 20.6 Å². The second-order valence-electron chi connectivity index (χ2n) is 5.09. The Morgan fingerprint density at radius 1 is 1.30 bits per heavy atom. The molecular weight excluding hydrogens is 258 g/mol. The molecule has 3 amide bonds. The van der Waals surface area contributed by atoms with E-state index in [-0.39, 0.29) is 24.6 Å². The fourth-order valence-corrected chi connectivity index (χ4v) is 3.05. The number of fused-ring (bicyclic) bond motifs is 2. The van der Waals surface area contributed by atoms with Crippen LogP contribution in [0, 0.1) is 0 Å². The van der Waals surface area contributed by atoms with Crippen molar-refractivity contribution in [3.63, 3.8) is 0 Å². The molecule has 3 atom stereocenters. The first kappa shape index (κ1) is 12.9. The molecule has 1 fully saturated rings. The average Bonchev–Trinajstić information content (AvgIpc) is 2.72. The molecule has 6 heteroatoms. The summed E-state index contributed by atoms with van der Waals surface area (Å²) in [7, 11) is 0. The van der Waals surface area contributed by atoms with Crippen molar-refractivity contribution in [2.75, 3.05) is 11.9 Å². The minimum Gasteiger partial charge on any atom is -0.394 e. The molecule has 1 aromatic carbocycles. The molecule has 106 valence electrons. The highest BCUT2D eigenvalue weighted by Gasteiger charge is 2.48. The van der Waals surface area contributed by atoms with Crippen molar-refractivity contribution < 1.29 is 14.7 Å². The molecule has 1 saturated heterocycles. The number of para-hydroxylation sites is 1. The molecule has 2 heterocycles. The molecular formula is C14H17N3O3. The Kier molecular flexibility index (Phi) is 3.10. The zero-order valence-corrected chi connectivity index (χ0v) is 11.2. The van der Waals surface area contributed by atoms with Gasteiger partial charge in [0, 0.05) is 11.3 Å². The second kappa shape index (κ2) is 4.79. The third kappa shape index (κ3) is 1.76. The Bertz CT molecular complexity index is 560. The van der Waals surface area contributed by atoms with E-state index in [1.807, 2.05) is 25.1 Å². The molecule has 2 aliphatic heterocycles. The fourth-order valence-electron chi connectivity index (χ4n) is 3.05. The van der Waals surface area contributed by atoms with Crippen molar-refractivity contribution >= 4 is 17.6 Å². The summed E-state index contributed by atoms with van der Waals surface area (Å²) in [6.45, 7) is 1.71. The van der Waals surface area contributed by atoms with Gasteiger partial charge in [-0.15, -0.1) is 0 Å². The number of hydrogen-bond donors (Lipinski definition) is 3. The van der Waals surface area contributed by atoms with Gasteiger partial charge in [-0.25, -0.2) is 4.79 Å². The number of aliphatic hydroxyl groups is 1. The van der Waals surface area contributed by atoms with Gasteiger partial charge in [0.25, 0.3) is 0 Å². The number of anilines is 1. The average molecular weight is 275 g/mol. The van der Waals surface area contributed by atoms with Crippen molar-refractivity contribution in [3.05, 3.63) is 29.8 Å². The van der Waals surface area contributed by atoms with Crippen LogP contribution in [0.4, 0.5) is 10.5 Å². The lowest BCUT2D eigenvalue weighted by atomic mass is 10.0. The van der Waals surface area contributed by atoms with Crippen LogP contribution in [0.5, 0.6) is 0 Å². The van der Waals surface area contributed by atoms with Gasteiger partial charge in [0.1, 0.15) is 6.04 Å². The van der Waals surface area contributed by atoms with E-state index in [9.17, 15) is 14.7 Å². The van der Waals surface area contributed by atoms with Crippen LogP contribution in [-0.4, -0.2) is 40.6 Å². The van der Waals surface area contributed by atoms with Crippen LogP contribution in [-0.2, 0) is 4.79 Å². The van der Waals surface area contributed by atoms with E-state index >= 15 is 0 Å². The molecule has 0 saturated carbocycles. The Labute approximate surface area is 116 Å². The number of urea groups is 1. The standard InChI is InChI=1S/C14H17N3O3/c1-2-9-12-13(19)15-10-6-4-3-5-8(10)11(7-18)17(12)14(20)16-9/h3-6,9,11-12,18H,2,7H2,1H3,(H,15,19)(H,16,20)/t9-,11?,12-/m0/s1. The Hall–Kier alpha value is -2.08. The molecule has 0 bridgehead atoms. The lowest BCUT2D eigenvalue weighted by Gasteiger charge is -2.28. The van der Waals surface area contributed by atoms with E-state index in [0.29, 0.717) is 12.1 Å². The topological polar surface area (TPSA) is 81.7 Å².